The molecule has 2 heterocycles. The van der Waals surface area contributed by atoms with Crippen LogP contribution in [0, 0.1) is 0 Å². The first-order valence-corrected chi connectivity index (χ1v) is 9.65. The van der Waals surface area contributed by atoms with Gasteiger partial charge in [0.15, 0.2) is 5.65 Å². The van der Waals surface area contributed by atoms with Gasteiger partial charge >= 0.3 is 0 Å². The summed E-state index contributed by atoms with van der Waals surface area (Å²) in [4.78, 5) is 4.59. The summed E-state index contributed by atoms with van der Waals surface area (Å²) in [5, 5.41) is 12.1. The molecular formula is C25H20N4. The van der Waals surface area contributed by atoms with E-state index in [2.05, 4.69) is 87.2 Å². The van der Waals surface area contributed by atoms with Gasteiger partial charge < -0.3 is 5.32 Å². The number of pyridine rings is 1. The Morgan fingerprint density at radius 1 is 0.759 bits per heavy atom. The molecule has 0 atom stereocenters. The summed E-state index contributed by atoms with van der Waals surface area (Å²) in [6, 6.07) is 31.1. The van der Waals surface area contributed by atoms with Crippen LogP contribution in [0.15, 0.2) is 97.2 Å². The van der Waals surface area contributed by atoms with E-state index in [9.17, 15) is 0 Å². The van der Waals surface area contributed by atoms with E-state index in [4.69, 9.17) is 0 Å². The maximum atomic E-state index is 4.59. The van der Waals surface area contributed by atoms with Crippen molar-refractivity contribution in [3.8, 4) is 22.4 Å². The Kier molecular flexibility index (Phi) is 4.51. The van der Waals surface area contributed by atoms with Crippen LogP contribution in [0.25, 0.3) is 33.4 Å². The van der Waals surface area contributed by atoms with E-state index in [0.717, 1.165) is 45.6 Å². The highest BCUT2D eigenvalue weighted by atomic mass is 15.1. The van der Waals surface area contributed by atoms with Gasteiger partial charge in [-0.3, -0.25) is 5.10 Å². The first kappa shape index (κ1) is 17.2. The van der Waals surface area contributed by atoms with Crippen LogP contribution >= 0.6 is 0 Å². The van der Waals surface area contributed by atoms with Crippen LogP contribution in [0.2, 0.25) is 0 Å². The Morgan fingerprint density at radius 2 is 1.48 bits per heavy atom. The molecule has 0 radical (unpaired) electrons. The van der Waals surface area contributed by atoms with E-state index in [-0.39, 0.29) is 0 Å². The van der Waals surface area contributed by atoms with Crippen molar-refractivity contribution in [1.29, 1.82) is 0 Å². The van der Waals surface area contributed by atoms with Gasteiger partial charge in [0.05, 0.1) is 5.69 Å². The molecule has 5 rings (SSSR count). The van der Waals surface area contributed by atoms with Gasteiger partial charge in [0.2, 0.25) is 0 Å². The molecule has 0 spiro atoms. The van der Waals surface area contributed by atoms with Crippen LogP contribution in [-0.4, -0.2) is 15.2 Å². The molecule has 0 bridgehead atoms. The SMILES string of the molecule is c1ccc(CNc2ccccc2-c2cnc3n[nH]c(-c4ccccc4)c3c2)cc1. The van der Waals surface area contributed by atoms with Crippen molar-refractivity contribution in [3.05, 3.63) is 103 Å². The summed E-state index contributed by atoms with van der Waals surface area (Å²) < 4.78 is 0. The summed E-state index contributed by atoms with van der Waals surface area (Å²) in [5.74, 6) is 0. The van der Waals surface area contributed by atoms with Gasteiger partial charge in [-0.15, -0.1) is 0 Å². The average molecular weight is 376 g/mol. The van der Waals surface area contributed by atoms with Gasteiger partial charge in [-0.05, 0) is 17.7 Å². The highest BCUT2D eigenvalue weighted by molar-refractivity contribution is 5.94. The number of aromatic amines is 1. The maximum Gasteiger partial charge on any atom is 0.181 e. The number of fused-ring (bicyclic) bond motifs is 1. The fourth-order valence-electron chi connectivity index (χ4n) is 3.55. The van der Waals surface area contributed by atoms with Gasteiger partial charge in [-0.25, -0.2) is 4.98 Å². The van der Waals surface area contributed by atoms with Crippen molar-refractivity contribution >= 4 is 16.7 Å². The summed E-state index contributed by atoms with van der Waals surface area (Å²) in [7, 11) is 0. The van der Waals surface area contributed by atoms with Crippen molar-refractivity contribution in [3.63, 3.8) is 0 Å². The largest absolute Gasteiger partial charge is 0.380 e. The second-order valence-electron chi connectivity index (χ2n) is 6.94. The normalized spacial score (nSPS) is 10.9. The zero-order chi connectivity index (χ0) is 19.5. The topological polar surface area (TPSA) is 53.6 Å². The van der Waals surface area contributed by atoms with Crippen molar-refractivity contribution in [2.75, 3.05) is 5.32 Å². The Hall–Kier alpha value is -3.92. The lowest BCUT2D eigenvalue weighted by Crippen LogP contribution is -2.00. The molecule has 2 aromatic heterocycles. The van der Waals surface area contributed by atoms with E-state index < -0.39 is 0 Å². The molecule has 0 aliphatic carbocycles. The highest BCUT2D eigenvalue weighted by Crippen LogP contribution is 2.32. The monoisotopic (exact) mass is 376 g/mol. The summed E-state index contributed by atoms with van der Waals surface area (Å²) in [6.45, 7) is 0.772. The second-order valence-corrected chi connectivity index (χ2v) is 6.94. The van der Waals surface area contributed by atoms with Crippen LogP contribution in [0.5, 0.6) is 0 Å². The highest BCUT2D eigenvalue weighted by Gasteiger charge is 2.12. The van der Waals surface area contributed by atoms with Crippen LogP contribution in [0.3, 0.4) is 0 Å². The predicted molar refractivity (Wildman–Crippen MR) is 119 cm³/mol. The Morgan fingerprint density at radius 3 is 2.31 bits per heavy atom. The van der Waals surface area contributed by atoms with Gasteiger partial charge in [0.25, 0.3) is 0 Å². The second kappa shape index (κ2) is 7.60. The first-order valence-electron chi connectivity index (χ1n) is 9.65. The Bertz CT molecular complexity index is 1240. The first-order chi connectivity index (χ1) is 14.4. The minimum atomic E-state index is 0.724. The molecule has 0 saturated carbocycles. The molecule has 140 valence electrons. The molecule has 5 aromatic rings. The van der Waals surface area contributed by atoms with Crippen molar-refractivity contribution in [1.82, 2.24) is 15.2 Å². The summed E-state index contributed by atoms with van der Waals surface area (Å²) in [6.07, 6.45) is 1.89. The molecule has 0 fully saturated rings. The smallest absolute Gasteiger partial charge is 0.181 e. The lowest BCUT2D eigenvalue weighted by molar-refractivity contribution is 1.10. The van der Waals surface area contributed by atoms with Gasteiger partial charge in [0, 0.05) is 40.5 Å². The van der Waals surface area contributed by atoms with Crippen molar-refractivity contribution in [2.45, 2.75) is 6.54 Å². The molecule has 0 aliphatic heterocycles. The number of hydrogen-bond acceptors (Lipinski definition) is 3. The number of nitrogens with one attached hydrogen (secondary N) is 2. The minimum Gasteiger partial charge on any atom is -0.380 e. The van der Waals surface area contributed by atoms with Crippen LogP contribution in [0.1, 0.15) is 5.56 Å². The van der Waals surface area contributed by atoms with E-state index in [1.165, 1.54) is 5.56 Å². The number of aromatic nitrogens is 3. The van der Waals surface area contributed by atoms with Crippen molar-refractivity contribution < 1.29 is 0 Å². The lowest BCUT2D eigenvalue weighted by atomic mass is 10.0. The molecule has 0 saturated heterocycles. The molecule has 29 heavy (non-hydrogen) atoms. The molecule has 4 nitrogen and oxygen atoms in total. The fourth-order valence-corrected chi connectivity index (χ4v) is 3.55. The number of anilines is 1. The van der Waals surface area contributed by atoms with Crippen molar-refractivity contribution in [2.24, 2.45) is 0 Å². The molecule has 0 unspecified atom stereocenters. The zero-order valence-electron chi connectivity index (χ0n) is 15.8. The van der Waals surface area contributed by atoms with Gasteiger partial charge in [0.1, 0.15) is 0 Å². The standard InChI is InChI=1S/C25H20N4/c1-3-9-18(10-4-1)16-26-23-14-8-7-13-21(23)20-15-22-24(19-11-5-2-6-12-19)28-29-25(22)27-17-20/h1-15,17,26H,16H2,(H,27,28,29). The number of nitrogens with zero attached hydrogens (tertiary/aromatic N) is 2. The zero-order valence-corrected chi connectivity index (χ0v) is 15.8. The Balaban J connectivity index is 1.53. The minimum absolute atomic E-state index is 0.724. The fraction of sp³-hybridized carbons (Fsp3) is 0.0400. The van der Waals surface area contributed by atoms with E-state index in [1.807, 2.05) is 30.5 Å². The maximum absolute atomic E-state index is 4.59. The van der Waals surface area contributed by atoms with Crippen LogP contribution in [-0.2, 0) is 6.54 Å². The number of rotatable bonds is 5. The predicted octanol–water partition coefficient (Wildman–Crippen LogP) is 5.90. The lowest BCUT2D eigenvalue weighted by Gasteiger charge is -2.12. The van der Waals surface area contributed by atoms with Gasteiger partial charge in [-0.1, -0.05) is 78.9 Å². The quantitative estimate of drug-likeness (QED) is 0.401. The third-order valence-corrected chi connectivity index (χ3v) is 5.04. The van der Waals surface area contributed by atoms with E-state index in [0.29, 0.717) is 0 Å². The molecule has 4 heteroatoms. The van der Waals surface area contributed by atoms with E-state index in [1.54, 1.807) is 0 Å². The third kappa shape index (κ3) is 3.48. The van der Waals surface area contributed by atoms with E-state index >= 15 is 0 Å². The molecule has 0 aliphatic rings. The summed E-state index contributed by atoms with van der Waals surface area (Å²) in [5.41, 5.74) is 7.33. The Labute approximate surface area is 169 Å². The molecular weight excluding hydrogens is 356 g/mol. The summed E-state index contributed by atoms with van der Waals surface area (Å²) >= 11 is 0. The average Bonchev–Trinajstić information content (AvgIpc) is 3.22. The van der Waals surface area contributed by atoms with Crippen LogP contribution in [0.4, 0.5) is 5.69 Å². The van der Waals surface area contributed by atoms with Crippen LogP contribution < -0.4 is 5.32 Å². The number of hydrogen-bond donors (Lipinski definition) is 2. The third-order valence-electron chi connectivity index (χ3n) is 5.04. The molecule has 0 amide bonds. The molecule has 3 aromatic carbocycles. The number of H-pyrrole nitrogens is 1. The number of para-hydroxylation sites is 1. The molecule has 2 N–H and O–H groups in total. The van der Waals surface area contributed by atoms with Gasteiger partial charge in [-0.2, -0.15) is 5.10 Å². The number of benzene rings is 3.